The summed E-state index contributed by atoms with van der Waals surface area (Å²) in [6.45, 7) is 1.83. The molecule has 76 valence electrons. The van der Waals surface area contributed by atoms with Crippen molar-refractivity contribution < 1.29 is 9.53 Å². The lowest BCUT2D eigenvalue weighted by molar-refractivity contribution is -0.140. The first kappa shape index (κ1) is 11.1. The topological polar surface area (TPSA) is 26.3 Å². The first-order valence-electron chi connectivity index (χ1n) is 4.50. The van der Waals surface area contributed by atoms with Gasteiger partial charge < -0.3 is 4.74 Å². The van der Waals surface area contributed by atoms with Gasteiger partial charge in [-0.25, -0.2) is 0 Å². The molecule has 0 radical (unpaired) electrons. The van der Waals surface area contributed by atoms with E-state index in [1.807, 2.05) is 24.3 Å². The standard InChI is InChI=1S/C11H13ClO2/c1-9(13)14-7-6-10-4-2-3-5-11(10)8-12/h2-5H,6-8H2,1H3. The molecular formula is C11H13ClO2. The maximum Gasteiger partial charge on any atom is 0.302 e. The fourth-order valence-corrected chi connectivity index (χ4v) is 1.50. The largest absolute Gasteiger partial charge is 0.466 e. The molecule has 1 aromatic rings. The number of alkyl halides is 1. The number of halogens is 1. The predicted octanol–water partition coefficient (Wildman–Crippen LogP) is 2.53. The summed E-state index contributed by atoms with van der Waals surface area (Å²) in [6, 6.07) is 7.89. The summed E-state index contributed by atoms with van der Waals surface area (Å²) in [7, 11) is 0. The normalized spacial score (nSPS) is 9.86. The number of ether oxygens (including phenoxy) is 1. The number of rotatable bonds is 4. The fourth-order valence-electron chi connectivity index (χ4n) is 1.24. The van der Waals surface area contributed by atoms with E-state index in [0.717, 1.165) is 17.5 Å². The number of hydrogen-bond donors (Lipinski definition) is 0. The number of carbonyl (C=O) groups excluding carboxylic acids is 1. The lowest BCUT2D eigenvalue weighted by Gasteiger charge is -2.06. The molecule has 0 N–H and O–H groups in total. The zero-order valence-electron chi connectivity index (χ0n) is 8.13. The van der Waals surface area contributed by atoms with Crippen molar-refractivity contribution in [2.24, 2.45) is 0 Å². The Labute approximate surface area is 88.8 Å². The van der Waals surface area contributed by atoms with Gasteiger partial charge in [0, 0.05) is 19.2 Å². The predicted molar refractivity (Wildman–Crippen MR) is 56.3 cm³/mol. The Bertz CT molecular complexity index is 310. The molecule has 0 aromatic heterocycles. The first-order valence-corrected chi connectivity index (χ1v) is 5.03. The highest BCUT2D eigenvalue weighted by atomic mass is 35.5. The summed E-state index contributed by atoms with van der Waals surface area (Å²) >= 11 is 5.77. The summed E-state index contributed by atoms with van der Waals surface area (Å²) < 4.78 is 4.86. The van der Waals surface area contributed by atoms with Crippen LogP contribution in [-0.4, -0.2) is 12.6 Å². The minimum atomic E-state index is -0.242. The van der Waals surface area contributed by atoms with Crippen molar-refractivity contribution in [1.82, 2.24) is 0 Å². The van der Waals surface area contributed by atoms with E-state index in [0.29, 0.717) is 12.5 Å². The average molecular weight is 213 g/mol. The Morgan fingerprint density at radius 3 is 2.57 bits per heavy atom. The molecule has 0 aliphatic heterocycles. The van der Waals surface area contributed by atoms with Crippen LogP contribution in [0.5, 0.6) is 0 Å². The number of carbonyl (C=O) groups is 1. The van der Waals surface area contributed by atoms with E-state index in [1.54, 1.807) is 0 Å². The second-order valence-corrected chi connectivity index (χ2v) is 3.26. The van der Waals surface area contributed by atoms with Crippen LogP contribution in [0.3, 0.4) is 0 Å². The molecule has 3 heteroatoms. The zero-order valence-corrected chi connectivity index (χ0v) is 8.88. The van der Waals surface area contributed by atoms with Crippen LogP contribution < -0.4 is 0 Å². The molecule has 2 nitrogen and oxygen atoms in total. The van der Waals surface area contributed by atoms with E-state index >= 15 is 0 Å². The van der Waals surface area contributed by atoms with E-state index in [1.165, 1.54) is 6.92 Å². The molecule has 1 rings (SSSR count). The Hall–Kier alpha value is -1.02. The van der Waals surface area contributed by atoms with Gasteiger partial charge in [0.25, 0.3) is 0 Å². The maximum atomic E-state index is 10.5. The minimum absolute atomic E-state index is 0.242. The highest BCUT2D eigenvalue weighted by Gasteiger charge is 2.01. The molecular weight excluding hydrogens is 200 g/mol. The summed E-state index contributed by atoms with van der Waals surface area (Å²) in [5.41, 5.74) is 2.24. The monoisotopic (exact) mass is 212 g/mol. The van der Waals surface area contributed by atoms with Crippen molar-refractivity contribution in [3.63, 3.8) is 0 Å². The molecule has 0 unspecified atom stereocenters. The smallest absolute Gasteiger partial charge is 0.302 e. The van der Waals surface area contributed by atoms with Gasteiger partial charge in [0.15, 0.2) is 0 Å². The van der Waals surface area contributed by atoms with E-state index in [2.05, 4.69) is 0 Å². The Balaban J connectivity index is 2.53. The van der Waals surface area contributed by atoms with Crippen molar-refractivity contribution in [3.8, 4) is 0 Å². The molecule has 14 heavy (non-hydrogen) atoms. The summed E-state index contributed by atoms with van der Waals surface area (Å²) in [6.07, 6.45) is 0.725. The zero-order chi connectivity index (χ0) is 10.4. The average Bonchev–Trinajstić information content (AvgIpc) is 2.18. The molecule has 0 spiro atoms. The molecule has 1 aromatic carbocycles. The molecule has 0 saturated heterocycles. The van der Waals surface area contributed by atoms with Crippen molar-refractivity contribution in [2.75, 3.05) is 6.61 Å². The van der Waals surface area contributed by atoms with Gasteiger partial charge in [0.1, 0.15) is 0 Å². The van der Waals surface area contributed by atoms with Crippen LogP contribution >= 0.6 is 11.6 Å². The highest BCUT2D eigenvalue weighted by Crippen LogP contribution is 2.11. The van der Waals surface area contributed by atoms with Gasteiger partial charge in [-0.05, 0) is 11.1 Å². The SMILES string of the molecule is CC(=O)OCCc1ccccc1CCl. The molecule has 0 aliphatic rings. The van der Waals surface area contributed by atoms with Crippen molar-refractivity contribution in [3.05, 3.63) is 35.4 Å². The molecule has 0 bridgehead atoms. The molecule has 0 fully saturated rings. The van der Waals surface area contributed by atoms with Crippen LogP contribution in [-0.2, 0) is 21.8 Å². The number of benzene rings is 1. The molecule has 0 amide bonds. The quantitative estimate of drug-likeness (QED) is 0.566. The molecule has 0 atom stereocenters. The van der Waals surface area contributed by atoms with E-state index in [-0.39, 0.29) is 5.97 Å². The Morgan fingerprint density at radius 1 is 1.36 bits per heavy atom. The van der Waals surface area contributed by atoms with Gasteiger partial charge in [-0.15, -0.1) is 11.6 Å². The van der Waals surface area contributed by atoms with Gasteiger partial charge in [0.05, 0.1) is 6.61 Å². The van der Waals surface area contributed by atoms with Crippen LogP contribution in [0.4, 0.5) is 0 Å². The molecule has 0 aliphatic carbocycles. The third kappa shape index (κ3) is 3.38. The van der Waals surface area contributed by atoms with Crippen molar-refractivity contribution in [2.45, 2.75) is 19.2 Å². The third-order valence-electron chi connectivity index (χ3n) is 1.94. The first-order chi connectivity index (χ1) is 6.74. The van der Waals surface area contributed by atoms with Crippen LogP contribution in [0.2, 0.25) is 0 Å². The van der Waals surface area contributed by atoms with E-state index in [4.69, 9.17) is 16.3 Å². The Morgan fingerprint density at radius 2 is 2.00 bits per heavy atom. The van der Waals surface area contributed by atoms with Crippen molar-refractivity contribution in [1.29, 1.82) is 0 Å². The Kier molecular flexibility index (Phi) is 4.47. The van der Waals surface area contributed by atoms with Gasteiger partial charge in [0.2, 0.25) is 0 Å². The maximum absolute atomic E-state index is 10.5. The van der Waals surface area contributed by atoms with Gasteiger partial charge >= 0.3 is 5.97 Å². The lowest BCUT2D eigenvalue weighted by Crippen LogP contribution is -2.04. The molecule has 0 saturated carbocycles. The fraction of sp³-hybridized carbons (Fsp3) is 0.364. The van der Waals surface area contributed by atoms with Gasteiger partial charge in [-0.2, -0.15) is 0 Å². The number of hydrogen-bond acceptors (Lipinski definition) is 2. The highest BCUT2D eigenvalue weighted by molar-refractivity contribution is 6.17. The van der Waals surface area contributed by atoms with Crippen LogP contribution in [0.25, 0.3) is 0 Å². The summed E-state index contributed by atoms with van der Waals surface area (Å²) in [4.78, 5) is 10.5. The van der Waals surface area contributed by atoms with E-state index in [9.17, 15) is 4.79 Å². The van der Waals surface area contributed by atoms with Gasteiger partial charge in [-0.1, -0.05) is 24.3 Å². The molecule has 0 heterocycles. The van der Waals surface area contributed by atoms with E-state index < -0.39 is 0 Å². The van der Waals surface area contributed by atoms with Crippen LogP contribution in [0.1, 0.15) is 18.1 Å². The second-order valence-electron chi connectivity index (χ2n) is 2.99. The van der Waals surface area contributed by atoms with Crippen LogP contribution in [0.15, 0.2) is 24.3 Å². The van der Waals surface area contributed by atoms with Gasteiger partial charge in [-0.3, -0.25) is 4.79 Å². The minimum Gasteiger partial charge on any atom is -0.466 e. The summed E-state index contributed by atoms with van der Waals surface area (Å²) in [5.74, 6) is 0.254. The number of esters is 1. The van der Waals surface area contributed by atoms with Crippen LogP contribution in [0, 0.1) is 0 Å². The lowest BCUT2D eigenvalue weighted by atomic mass is 10.1. The second kappa shape index (κ2) is 5.66. The van der Waals surface area contributed by atoms with Crippen molar-refractivity contribution >= 4 is 17.6 Å². The third-order valence-corrected chi connectivity index (χ3v) is 2.23. The summed E-state index contributed by atoms with van der Waals surface area (Å²) in [5, 5.41) is 0.